The molecule has 0 aliphatic heterocycles. The smallest absolute Gasteiger partial charge is 0.336 e. The summed E-state index contributed by atoms with van der Waals surface area (Å²) in [7, 11) is 0. The van der Waals surface area contributed by atoms with E-state index in [-0.39, 0.29) is 18.9 Å². The quantitative estimate of drug-likeness (QED) is 0.536. The normalized spacial score (nSPS) is 10.5. The van der Waals surface area contributed by atoms with E-state index in [0.717, 1.165) is 18.2 Å². The van der Waals surface area contributed by atoms with E-state index in [4.69, 9.17) is 14.3 Å². The second-order valence-corrected chi connectivity index (χ2v) is 5.30. The molecule has 1 aromatic carbocycles. The van der Waals surface area contributed by atoms with Crippen LogP contribution in [0.1, 0.15) is 25.7 Å². The zero-order valence-corrected chi connectivity index (χ0v) is 13.1. The molecule has 7 heteroatoms. The van der Waals surface area contributed by atoms with Crippen molar-refractivity contribution in [1.82, 2.24) is 5.32 Å². The van der Waals surface area contributed by atoms with Crippen LogP contribution in [-0.4, -0.2) is 30.1 Å². The Labute approximate surface area is 138 Å². The predicted octanol–water partition coefficient (Wildman–Crippen LogP) is 1.93. The van der Waals surface area contributed by atoms with Crippen LogP contribution in [-0.2, 0) is 9.59 Å². The van der Waals surface area contributed by atoms with E-state index in [1.54, 1.807) is 24.3 Å². The van der Waals surface area contributed by atoms with Gasteiger partial charge in [-0.3, -0.25) is 9.59 Å². The highest BCUT2D eigenvalue weighted by Crippen LogP contribution is 2.19. The minimum Gasteiger partial charge on any atom is -0.484 e. The first-order valence-electron chi connectivity index (χ1n) is 7.70. The maximum atomic E-state index is 11.7. The number of hydrogen-bond acceptors (Lipinski definition) is 5. The maximum absolute atomic E-state index is 11.7. The van der Waals surface area contributed by atoms with E-state index in [9.17, 15) is 14.4 Å². The molecule has 2 aromatic rings. The Kier molecular flexibility index (Phi) is 6.36. The Hall–Kier alpha value is -2.83. The molecular formula is C17H19NO6. The molecule has 24 heavy (non-hydrogen) atoms. The van der Waals surface area contributed by atoms with Crippen molar-refractivity contribution in [3.05, 3.63) is 40.8 Å². The van der Waals surface area contributed by atoms with Crippen molar-refractivity contribution in [1.29, 1.82) is 0 Å². The number of benzene rings is 1. The summed E-state index contributed by atoms with van der Waals surface area (Å²) in [5, 5.41) is 12.0. The van der Waals surface area contributed by atoms with E-state index in [1.807, 2.05) is 0 Å². The first-order valence-corrected chi connectivity index (χ1v) is 7.70. The van der Waals surface area contributed by atoms with Gasteiger partial charge in [0.25, 0.3) is 5.91 Å². The van der Waals surface area contributed by atoms with Gasteiger partial charge in [-0.1, -0.05) is 6.42 Å². The molecule has 2 N–H and O–H groups in total. The van der Waals surface area contributed by atoms with Gasteiger partial charge in [0, 0.05) is 30.5 Å². The Morgan fingerprint density at radius 1 is 1.12 bits per heavy atom. The molecule has 0 radical (unpaired) electrons. The summed E-state index contributed by atoms with van der Waals surface area (Å²) < 4.78 is 10.4. The van der Waals surface area contributed by atoms with Gasteiger partial charge in [0.2, 0.25) is 0 Å². The summed E-state index contributed by atoms with van der Waals surface area (Å²) in [6, 6.07) is 8.00. The van der Waals surface area contributed by atoms with Crippen LogP contribution in [0.4, 0.5) is 0 Å². The summed E-state index contributed by atoms with van der Waals surface area (Å²) in [6.07, 6.45) is 2.22. The Bertz CT molecular complexity index is 767. The van der Waals surface area contributed by atoms with Crippen molar-refractivity contribution < 1.29 is 23.8 Å². The first-order chi connectivity index (χ1) is 11.5. The second-order valence-electron chi connectivity index (χ2n) is 5.30. The molecule has 2 rings (SSSR count). The highest BCUT2D eigenvalue weighted by molar-refractivity contribution is 5.79. The van der Waals surface area contributed by atoms with E-state index in [0.29, 0.717) is 24.3 Å². The van der Waals surface area contributed by atoms with Crippen LogP contribution in [0, 0.1) is 0 Å². The lowest BCUT2D eigenvalue weighted by Crippen LogP contribution is -2.29. The summed E-state index contributed by atoms with van der Waals surface area (Å²) in [5.74, 6) is -0.630. The highest BCUT2D eigenvalue weighted by atomic mass is 16.5. The van der Waals surface area contributed by atoms with Crippen molar-refractivity contribution in [3.8, 4) is 5.75 Å². The first kappa shape index (κ1) is 17.5. The van der Waals surface area contributed by atoms with Gasteiger partial charge in [0.05, 0.1) is 0 Å². The average Bonchev–Trinajstić information content (AvgIpc) is 2.55. The average molecular weight is 333 g/mol. The van der Waals surface area contributed by atoms with Gasteiger partial charge in [-0.2, -0.15) is 0 Å². The summed E-state index contributed by atoms with van der Waals surface area (Å²) in [5.41, 5.74) is -0.0425. The van der Waals surface area contributed by atoms with Gasteiger partial charge < -0.3 is 19.6 Å². The van der Waals surface area contributed by atoms with Crippen LogP contribution in [0.5, 0.6) is 5.75 Å². The maximum Gasteiger partial charge on any atom is 0.336 e. The van der Waals surface area contributed by atoms with E-state index < -0.39 is 11.6 Å². The van der Waals surface area contributed by atoms with Gasteiger partial charge in [-0.15, -0.1) is 0 Å². The lowest BCUT2D eigenvalue weighted by molar-refractivity contribution is -0.137. The molecule has 0 spiro atoms. The second kappa shape index (κ2) is 8.71. The third-order valence-electron chi connectivity index (χ3n) is 3.35. The van der Waals surface area contributed by atoms with Crippen LogP contribution in [0.15, 0.2) is 39.5 Å². The molecule has 0 saturated heterocycles. The summed E-state index contributed by atoms with van der Waals surface area (Å²) >= 11 is 0. The van der Waals surface area contributed by atoms with Gasteiger partial charge in [-0.25, -0.2) is 4.79 Å². The number of aliphatic carboxylic acids is 1. The van der Waals surface area contributed by atoms with Gasteiger partial charge >= 0.3 is 11.6 Å². The van der Waals surface area contributed by atoms with Crippen LogP contribution in [0.3, 0.4) is 0 Å². The fourth-order valence-corrected chi connectivity index (χ4v) is 2.14. The molecular weight excluding hydrogens is 314 g/mol. The molecule has 0 fully saturated rings. The number of rotatable bonds is 9. The molecule has 1 heterocycles. The predicted molar refractivity (Wildman–Crippen MR) is 87.1 cm³/mol. The molecule has 0 saturated carbocycles. The van der Waals surface area contributed by atoms with Gasteiger partial charge in [0.1, 0.15) is 11.3 Å². The van der Waals surface area contributed by atoms with E-state index >= 15 is 0 Å². The van der Waals surface area contributed by atoms with Crippen molar-refractivity contribution in [3.63, 3.8) is 0 Å². The number of carbonyl (C=O) groups is 2. The van der Waals surface area contributed by atoms with Crippen LogP contribution in [0.25, 0.3) is 11.0 Å². The number of nitrogens with one attached hydrogen (secondary N) is 1. The van der Waals surface area contributed by atoms with Gasteiger partial charge in [-0.05, 0) is 31.0 Å². The number of carboxylic acid groups (broad SMARTS) is 1. The lowest BCUT2D eigenvalue weighted by Gasteiger charge is -2.08. The molecule has 0 atom stereocenters. The topological polar surface area (TPSA) is 106 Å². The molecule has 1 aromatic heterocycles. The fraction of sp³-hybridized carbons (Fsp3) is 0.353. The molecule has 0 unspecified atom stereocenters. The van der Waals surface area contributed by atoms with Crippen molar-refractivity contribution in [2.24, 2.45) is 0 Å². The molecule has 0 aliphatic carbocycles. The number of unbranched alkanes of at least 4 members (excludes halogenated alkanes) is 2. The summed E-state index contributed by atoms with van der Waals surface area (Å²) in [4.78, 5) is 33.2. The lowest BCUT2D eigenvalue weighted by atomic mass is 10.2. The Morgan fingerprint density at radius 2 is 1.92 bits per heavy atom. The fourth-order valence-electron chi connectivity index (χ4n) is 2.14. The molecule has 128 valence electrons. The SMILES string of the molecule is O=C(O)CCCCCNC(=O)COc1ccc2ccc(=O)oc2c1. The number of ether oxygens (including phenoxy) is 1. The highest BCUT2D eigenvalue weighted by Gasteiger charge is 2.05. The monoisotopic (exact) mass is 333 g/mol. The number of fused-ring (bicyclic) bond motifs is 1. The van der Waals surface area contributed by atoms with E-state index in [1.165, 1.54) is 6.07 Å². The number of amides is 1. The third kappa shape index (κ3) is 5.75. The standard InChI is InChI=1S/C17H19NO6/c19-15(18-9-3-1-2-4-16(20)21)11-23-13-7-5-12-6-8-17(22)24-14(12)10-13/h5-8,10H,1-4,9,11H2,(H,18,19)(H,20,21). The van der Waals surface area contributed by atoms with Gasteiger partial charge in [0.15, 0.2) is 6.61 Å². The molecule has 7 nitrogen and oxygen atoms in total. The number of carbonyl (C=O) groups excluding carboxylic acids is 1. The van der Waals surface area contributed by atoms with Crippen LogP contribution < -0.4 is 15.7 Å². The van der Waals surface area contributed by atoms with Crippen molar-refractivity contribution >= 4 is 22.8 Å². The van der Waals surface area contributed by atoms with Crippen LogP contribution in [0.2, 0.25) is 0 Å². The molecule has 1 amide bonds. The van der Waals surface area contributed by atoms with Crippen molar-refractivity contribution in [2.75, 3.05) is 13.2 Å². The molecule has 0 bridgehead atoms. The minimum absolute atomic E-state index is 0.141. The number of hydrogen-bond donors (Lipinski definition) is 2. The Morgan fingerprint density at radius 3 is 2.71 bits per heavy atom. The zero-order valence-electron chi connectivity index (χ0n) is 13.1. The van der Waals surface area contributed by atoms with Crippen molar-refractivity contribution in [2.45, 2.75) is 25.7 Å². The van der Waals surface area contributed by atoms with E-state index in [2.05, 4.69) is 5.32 Å². The summed E-state index contributed by atoms with van der Waals surface area (Å²) in [6.45, 7) is 0.339. The molecule has 0 aliphatic rings. The number of carboxylic acids is 1. The van der Waals surface area contributed by atoms with Crippen LogP contribution >= 0.6 is 0 Å². The zero-order chi connectivity index (χ0) is 17.4. The largest absolute Gasteiger partial charge is 0.484 e. The minimum atomic E-state index is -0.807. The third-order valence-corrected chi connectivity index (χ3v) is 3.35. The Balaban J connectivity index is 1.71.